The third kappa shape index (κ3) is 2.04. The highest BCUT2D eigenvalue weighted by Crippen LogP contribution is 2.20. The van der Waals surface area contributed by atoms with Crippen molar-refractivity contribution in [2.45, 2.75) is 13.8 Å². The average molecular weight is 201 g/mol. The molecule has 1 heterocycles. The summed E-state index contributed by atoms with van der Waals surface area (Å²) in [6.45, 7) is 3.83. The lowest BCUT2D eigenvalue weighted by Gasteiger charge is -2.03. The third-order valence-electron chi connectivity index (χ3n) is 2.30. The molecule has 0 aliphatic rings. The van der Waals surface area contributed by atoms with Crippen LogP contribution in [0.25, 0.3) is 11.3 Å². The Kier molecular flexibility index (Phi) is 2.50. The van der Waals surface area contributed by atoms with Crippen LogP contribution < -0.4 is 0 Å². The number of benzene rings is 1. The zero-order valence-corrected chi connectivity index (χ0v) is 8.79. The van der Waals surface area contributed by atoms with Crippen molar-refractivity contribution < 1.29 is 4.39 Å². The summed E-state index contributed by atoms with van der Waals surface area (Å²) >= 11 is 0. The SMILES string of the molecule is Cc1ccc(-c2ncc(C)cc2F)cc1. The van der Waals surface area contributed by atoms with Crippen LogP contribution in [0.2, 0.25) is 0 Å². The quantitative estimate of drug-likeness (QED) is 0.688. The van der Waals surface area contributed by atoms with Crippen LogP contribution in [0.3, 0.4) is 0 Å². The van der Waals surface area contributed by atoms with Gasteiger partial charge in [-0.25, -0.2) is 4.39 Å². The lowest BCUT2D eigenvalue weighted by Crippen LogP contribution is -1.90. The zero-order chi connectivity index (χ0) is 10.8. The highest BCUT2D eigenvalue weighted by molar-refractivity contribution is 5.60. The summed E-state index contributed by atoms with van der Waals surface area (Å²) in [5.41, 5.74) is 3.23. The summed E-state index contributed by atoms with van der Waals surface area (Å²) in [7, 11) is 0. The third-order valence-corrected chi connectivity index (χ3v) is 2.30. The molecule has 0 bridgehead atoms. The second kappa shape index (κ2) is 3.81. The maximum Gasteiger partial charge on any atom is 0.149 e. The molecule has 0 radical (unpaired) electrons. The molecule has 0 amide bonds. The number of aromatic nitrogens is 1. The minimum Gasteiger partial charge on any atom is -0.253 e. The Labute approximate surface area is 88.6 Å². The molecule has 0 N–H and O–H groups in total. The first-order valence-corrected chi connectivity index (χ1v) is 4.86. The van der Waals surface area contributed by atoms with Gasteiger partial charge in [-0.1, -0.05) is 29.8 Å². The fourth-order valence-electron chi connectivity index (χ4n) is 1.46. The van der Waals surface area contributed by atoms with E-state index in [-0.39, 0.29) is 5.82 Å². The van der Waals surface area contributed by atoms with Gasteiger partial charge in [0.25, 0.3) is 0 Å². The number of aryl methyl sites for hydroxylation is 2. The predicted octanol–water partition coefficient (Wildman–Crippen LogP) is 3.50. The largest absolute Gasteiger partial charge is 0.253 e. The fourth-order valence-corrected chi connectivity index (χ4v) is 1.46. The smallest absolute Gasteiger partial charge is 0.149 e. The topological polar surface area (TPSA) is 12.9 Å². The Hall–Kier alpha value is -1.70. The van der Waals surface area contributed by atoms with Crippen LogP contribution in [-0.2, 0) is 0 Å². The molecule has 0 aliphatic heterocycles. The molecule has 0 fully saturated rings. The zero-order valence-electron chi connectivity index (χ0n) is 8.79. The summed E-state index contributed by atoms with van der Waals surface area (Å²) in [5, 5.41) is 0. The van der Waals surface area contributed by atoms with Crippen molar-refractivity contribution >= 4 is 0 Å². The molecule has 2 rings (SSSR count). The van der Waals surface area contributed by atoms with Gasteiger partial charge in [0.2, 0.25) is 0 Å². The number of nitrogens with zero attached hydrogens (tertiary/aromatic N) is 1. The van der Waals surface area contributed by atoms with E-state index in [0.29, 0.717) is 5.69 Å². The normalized spacial score (nSPS) is 10.3. The van der Waals surface area contributed by atoms with E-state index in [0.717, 1.165) is 16.7 Å². The van der Waals surface area contributed by atoms with E-state index >= 15 is 0 Å². The Morgan fingerprint density at radius 2 is 1.67 bits per heavy atom. The Bertz CT molecular complexity index is 474. The van der Waals surface area contributed by atoms with Gasteiger partial charge >= 0.3 is 0 Å². The molecule has 1 nitrogen and oxygen atoms in total. The second-order valence-corrected chi connectivity index (χ2v) is 3.71. The molecule has 1 aromatic heterocycles. The number of halogens is 1. The second-order valence-electron chi connectivity index (χ2n) is 3.71. The number of rotatable bonds is 1. The number of hydrogen-bond donors (Lipinski definition) is 0. The maximum absolute atomic E-state index is 13.6. The molecule has 0 saturated heterocycles. The van der Waals surface area contributed by atoms with Crippen LogP contribution in [0.1, 0.15) is 11.1 Å². The Morgan fingerprint density at radius 1 is 1.00 bits per heavy atom. The summed E-state index contributed by atoms with van der Waals surface area (Å²) in [5.74, 6) is -0.265. The van der Waals surface area contributed by atoms with Crippen molar-refractivity contribution in [2.75, 3.05) is 0 Å². The molecule has 0 saturated carbocycles. The summed E-state index contributed by atoms with van der Waals surface area (Å²) in [6.07, 6.45) is 1.68. The maximum atomic E-state index is 13.6. The van der Waals surface area contributed by atoms with Gasteiger partial charge in [0.1, 0.15) is 11.5 Å². The molecule has 1 aromatic carbocycles. The minimum atomic E-state index is -0.265. The molecule has 0 aliphatic carbocycles. The van der Waals surface area contributed by atoms with Crippen molar-refractivity contribution in [1.82, 2.24) is 4.98 Å². The first kappa shape index (κ1) is 9.84. The van der Waals surface area contributed by atoms with Crippen LogP contribution >= 0.6 is 0 Å². The van der Waals surface area contributed by atoms with Crippen molar-refractivity contribution in [1.29, 1.82) is 0 Å². The van der Waals surface area contributed by atoms with E-state index in [9.17, 15) is 4.39 Å². The van der Waals surface area contributed by atoms with Gasteiger partial charge in [-0.15, -0.1) is 0 Å². The molecule has 2 heteroatoms. The number of pyridine rings is 1. The van der Waals surface area contributed by atoms with Gasteiger partial charge in [0, 0.05) is 11.8 Å². The first-order valence-electron chi connectivity index (χ1n) is 4.86. The van der Waals surface area contributed by atoms with Gasteiger partial charge < -0.3 is 0 Å². The van der Waals surface area contributed by atoms with E-state index in [1.165, 1.54) is 6.07 Å². The monoisotopic (exact) mass is 201 g/mol. The van der Waals surface area contributed by atoms with Gasteiger partial charge in [-0.3, -0.25) is 4.98 Å². The van der Waals surface area contributed by atoms with E-state index in [1.54, 1.807) is 6.20 Å². The van der Waals surface area contributed by atoms with Gasteiger partial charge in [-0.05, 0) is 25.5 Å². The van der Waals surface area contributed by atoms with Crippen LogP contribution in [0.15, 0.2) is 36.5 Å². The molecule has 76 valence electrons. The predicted molar refractivity (Wildman–Crippen MR) is 59.1 cm³/mol. The highest BCUT2D eigenvalue weighted by atomic mass is 19.1. The van der Waals surface area contributed by atoms with Crippen LogP contribution in [0.4, 0.5) is 4.39 Å². The van der Waals surface area contributed by atoms with Crippen molar-refractivity contribution in [3.05, 3.63) is 53.5 Å². The molecular formula is C13H12FN. The summed E-state index contributed by atoms with van der Waals surface area (Å²) in [4.78, 5) is 4.10. The Morgan fingerprint density at radius 3 is 2.27 bits per heavy atom. The van der Waals surface area contributed by atoms with Crippen LogP contribution in [0, 0.1) is 19.7 Å². The molecule has 2 aromatic rings. The van der Waals surface area contributed by atoms with Crippen LogP contribution in [-0.4, -0.2) is 4.98 Å². The standard InChI is InChI=1S/C13H12FN/c1-9-3-5-11(6-4-9)13-12(14)7-10(2)8-15-13/h3-8H,1-2H3. The first-order chi connectivity index (χ1) is 7.16. The Balaban J connectivity index is 2.49. The van der Waals surface area contributed by atoms with Gasteiger partial charge in [-0.2, -0.15) is 0 Å². The average Bonchev–Trinajstić information content (AvgIpc) is 2.20. The molecule has 15 heavy (non-hydrogen) atoms. The molecule has 0 unspecified atom stereocenters. The van der Waals surface area contributed by atoms with E-state index in [4.69, 9.17) is 0 Å². The lowest BCUT2D eigenvalue weighted by molar-refractivity contribution is 0.624. The lowest BCUT2D eigenvalue weighted by atomic mass is 10.1. The summed E-state index contributed by atoms with van der Waals surface area (Å²) in [6, 6.07) is 9.18. The fraction of sp³-hybridized carbons (Fsp3) is 0.154. The summed E-state index contributed by atoms with van der Waals surface area (Å²) < 4.78 is 13.6. The molecule has 0 spiro atoms. The van der Waals surface area contributed by atoms with E-state index in [2.05, 4.69) is 4.98 Å². The highest BCUT2D eigenvalue weighted by Gasteiger charge is 2.05. The number of hydrogen-bond acceptors (Lipinski definition) is 1. The minimum absolute atomic E-state index is 0.265. The molecule has 0 atom stereocenters. The van der Waals surface area contributed by atoms with Crippen molar-refractivity contribution in [3.63, 3.8) is 0 Å². The van der Waals surface area contributed by atoms with Crippen molar-refractivity contribution in [3.8, 4) is 11.3 Å². The van der Waals surface area contributed by atoms with E-state index < -0.39 is 0 Å². The van der Waals surface area contributed by atoms with Crippen molar-refractivity contribution in [2.24, 2.45) is 0 Å². The molecular weight excluding hydrogens is 189 g/mol. The van der Waals surface area contributed by atoms with Gasteiger partial charge in [0.15, 0.2) is 0 Å². The van der Waals surface area contributed by atoms with E-state index in [1.807, 2.05) is 38.1 Å². The van der Waals surface area contributed by atoms with Gasteiger partial charge in [0.05, 0.1) is 0 Å². The van der Waals surface area contributed by atoms with Crippen LogP contribution in [0.5, 0.6) is 0 Å².